The molecule has 39 heteroatoms. The maximum Gasteiger partial charge on any atom is 0.417 e. The van der Waals surface area contributed by atoms with Gasteiger partial charge in [0.25, 0.3) is 28.9 Å². The Morgan fingerprint density at radius 2 is 0.727 bits per heavy atom. The Bertz CT molecular complexity index is 6300. The van der Waals surface area contributed by atoms with Crippen LogP contribution in [0.25, 0.3) is 0 Å². The van der Waals surface area contributed by atoms with Crippen molar-refractivity contribution in [1.29, 1.82) is 0 Å². The van der Waals surface area contributed by atoms with Crippen molar-refractivity contribution in [2.24, 2.45) is 0 Å². The molecule has 10 aromatic carbocycles. The van der Waals surface area contributed by atoms with E-state index < -0.39 is 115 Å². The van der Waals surface area contributed by atoms with E-state index in [1.165, 1.54) is 95.9 Å². The van der Waals surface area contributed by atoms with E-state index >= 15 is 0 Å². The zero-order chi connectivity index (χ0) is 117. The monoisotopic (exact) mass is 2070 g/mol. The molecular formula is C111H118B8ClF6N5O19. The SMILES string of the molecule is C=CC[C@@H](Oc1ccc(F)c(C)c1)C(=O)N1C(=O)OC[C@@H]1Cc1ccccc1.CC#CC#CC#CC.Cc1cc(CCCN(C)CC[C@@H](Oc2ccc(F)c(C)c2)C(=O)N2C(=O)OC[C@@H]2Cc2ccccc2)ccc1F.Cc1cc(OCC(=O)Cl)ccc1F.Cc1cc(OCC(=O)N2C(=O)OC[C@@H]2Cc2ccccc2)ccc1F.Cc1cc(O[C@H](CC=O)C(=O)N2C(=O)OC[C@@H]2Cc2ccccc2)ccc1F.[2H][2H].[2H][2H].[2H][2H].[2H][2H].[B]B([B])B([B])B([B])[B]. The lowest BCUT2D eigenvalue weighted by atomic mass is 8.68. The summed E-state index contributed by atoms with van der Waals surface area (Å²) in [6, 6.07) is 62.7. The molecule has 24 nitrogen and oxygen atoms in total. The van der Waals surface area contributed by atoms with Gasteiger partial charge in [0.15, 0.2) is 31.5 Å². The molecule has 0 saturated carbocycles. The van der Waals surface area contributed by atoms with E-state index in [0.29, 0.717) is 101 Å². The summed E-state index contributed by atoms with van der Waals surface area (Å²) in [6.45, 7) is 18.2. The number of imide groups is 4. The van der Waals surface area contributed by atoms with Crippen molar-refractivity contribution < 1.29 is 129 Å². The van der Waals surface area contributed by atoms with Crippen molar-refractivity contribution in [2.75, 3.05) is 59.8 Å². The van der Waals surface area contributed by atoms with Crippen molar-refractivity contribution in [3.05, 3.63) is 339 Å². The fraction of sp³-hybridized carbons (Fsp3) is 0.297. The Balaban J connectivity index is 0.000000399. The van der Waals surface area contributed by atoms with Crippen molar-refractivity contribution in [3.63, 3.8) is 0 Å². The van der Waals surface area contributed by atoms with Crippen LogP contribution in [0.1, 0.15) is 113 Å². The first-order chi connectivity index (χ1) is 75.8. The van der Waals surface area contributed by atoms with Crippen LogP contribution in [0.15, 0.2) is 243 Å². The van der Waals surface area contributed by atoms with Gasteiger partial charge in [-0.25, -0.2) is 65.1 Å². The molecule has 774 valence electrons. The van der Waals surface area contributed by atoms with Crippen molar-refractivity contribution in [2.45, 2.75) is 156 Å². The van der Waals surface area contributed by atoms with Crippen LogP contribution in [0.4, 0.5) is 45.5 Å². The molecule has 10 radical (unpaired) electrons. The fourth-order valence-corrected chi connectivity index (χ4v) is 15.1. The topological polar surface area (TPSA) is 270 Å². The average molecular weight is 2070 g/mol. The van der Waals surface area contributed by atoms with Crippen LogP contribution in [-0.2, 0) is 79.8 Å². The van der Waals surface area contributed by atoms with Crippen LogP contribution in [0.3, 0.4) is 0 Å². The van der Waals surface area contributed by atoms with Crippen LogP contribution >= 0.6 is 11.6 Å². The summed E-state index contributed by atoms with van der Waals surface area (Å²) in [5.41, 5.74) is 7.71. The zero-order valence-electron chi connectivity index (χ0n) is 92.6. The standard InChI is InChI=1S/C32H36F2N2O4.C22H22FNO4.C21H20FNO5.C19H18FNO4.C9H8ClFO2.C8H6.B8.4H2/c1-22-18-25(11-13-28(22)33)10-7-16-35(3)17-15-30(40-27-12-14-29(34)23(2)19-27)31(37)36-26(21-39-32(36)38)20-24-8-5-4-6-9-24;1-3-7-20(28-18-10-11-19(23)15(2)12-18)21(25)24-17(14-27-22(24)26)13-16-8-5-4-6-9-16;1-14-11-17(7-8-18(14)22)28-19(9-10-24)20(25)23-16(13-27-21(23)26)12-15-5-3-2-4-6-15;1-13-9-16(7-8-17(13)20)24-12-18(22)21-15(11-25-19(21)23)10-14-5-3-2-4-6-14;1-6-4-7(2-3-8(6)11)13-5-9(10)12;1-3-5-7-8-6-4-2;1-6(2)8(5)7(3)4;;;;/h4-6,8-9,11-14,18-19,26,30H,7,10,15-17,20-21H2,1-3H3;3-6,8-12,17,20H,1,7,13-14H2,2H3;2-8,10-11,16,19H,9,12-13H2,1H3;2-9,15H,10-12H2,1H3;2-4H,5H2,1H3;1-2H3;;4*1H/t26-,30+;17-,20+;16-,19+;15-;;;;;;;/m0000......./s1/i;;;;;;;4*1+1D. The third-order valence-corrected chi connectivity index (χ3v) is 23.2. The van der Waals surface area contributed by atoms with E-state index in [1.54, 1.807) is 73.6 Å². The number of carbonyl (C=O) groups excluding carboxylic acids is 10. The van der Waals surface area contributed by atoms with Gasteiger partial charge in [0.1, 0.15) is 96.4 Å². The molecule has 4 aliphatic heterocycles. The number of rotatable bonds is 36. The number of cyclic esters (lactones) is 4. The van der Waals surface area contributed by atoms with E-state index in [-0.39, 0.29) is 93.4 Å². The number of carbonyl (C=O) groups is 10. The van der Waals surface area contributed by atoms with E-state index in [2.05, 4.69) is 47.0 Å². The molecule has 0 spiro atoms. The maximum absolute atomic E-state index is 13.9. The molecule has 0 unspecified atom stereocenters. The Hall–Kier alpha value is -14.9. The Labute approximate surface area is 896 Å². The first-order valence-corrected chi connectivity index (χ1v) is 48.2. The highest BCUT2D eigenvalue weighted by Crippen LogP contribution is 2.30. The third kappa shape index (κ3) is 39.3. The fourth-order valence-electron chi connectivity index (χ4n) is 15.1. The number of hydrogen-bond acceptors (Lipinski definition) is 20. The van der Waals surface area contributed by atoms with Crippen molar-refractivity contribution in [3.8, 4) is 64.3 Å². The quantitative estimate of drug-likeness (QED) is 0.00671. The molecule has 4 fully saturated rings. The van der Waals surface area contributed by atoms with Crippen LogP contribution in [0.5, 0.6) is 28.7 Å². The van der Waals surface area contributed by atoms with Gasteiger partial charge in [-0.3, -0.25) is 24.0 Å². The van der Waals surface area contributed by atoms with Crippen molar-refractivity contribution >= 4 is 129 Å². The summed E-state index contributed by atoms with van der Waals surface area (Å²) in [5.74, 6) is 13.2. The molecule has 10 aromatic rings. The van der Waals surface area contributed by atoms with Gasteiger partial charge in [-0.2, -0.15) is 0 Å². The number of amides is 8. The van der Waals surface area contributed by atoms with Gasteiger partial charge in [-0.1, -0.05) is 151 Å². The van der Waals surface area contributed by atoms with Crippen LogP contribution in [0.2, 0.25) is 0 Å². The smallest absolute Gasteiger partial charge is 0.417 e. The van der Waals surface area contributed by atoms with Gasteiger partial charge in [0.05, 0.1) is 24.2 Å². The maximum atomic E-state index is 13.9. The van der Waals surface area contributed by atoms with E-state index in [1.807, 2.05) is 134 Å². The number of aryl methyl sites for hydroxylation is 7. The molecule has 7 atom stereocenters. The normalized spacial score (nSPS) is 15.1. The second-order valence-electron chi connectivity index (χ2n) is 34.8. The van der Waals surface area contributed by atoms with E-state index in [0.717, 1.165) is 61.9 Å². The Morgan fingerprint density at radius 3 is 1.04 bits per heavy atom. The summed E-state index contributed by atoms with van der Waals surface area (Å²) < 4.78 is 169. The van der Waals surface area contributed by atoms with Crippen molar-refractivity contribution in [1.82, 2.24) is 24.5 Å². The Morgan fingerprint density at radius 1 is 0.427 bits per heavy atom. The van der Waals surface area contributed by atoms with Gasteiger partial charge in [0, 0.05) is 95.5 Å². The van der Waals surface area contributed by atoms with Crippen LogP contribution in [-0.4, -0.2) is 244 Å². The highest BCUT2D eigenvalue weighted by Gasteiger charge is 2.46. The number of ether oxygens (including phenoxy) is 9. The summed E-state index contributed by atoms with van der Waals surface area (Å²) >= 11 is 5.06. The predicted molar refractivity (Wildman–Crippen MR) is 576 cm³/mol. The van der Waals surface area contributed by atoms with Gasteiger partial charge in [-0.05, 0) is 301 Å². The summed E-state index contributed by atoms with van der Waals surface area (Å²) in [5, 5.41) is -0.582. The van der Waals surface area contributed by atoms with Crippen LogP contribution in [0, 0.1) is 112 Å². The molecule has 0 bridgehead atoms. The van der Waals surface area contributed by atoms with E-state index in [4.69, 9.17) is 105 Å². The number of nitrogens with zero attached hydrogens (tertiary/aromatic N) is 5. The average Bonchev–Trinajstić information content (AvgIpc) is 1.67. The predicted octanol–water partition coefficient (Wildman–Crippen LogP) is 17.3. The summed E-state index contributed by atoms with van der Waals surface area (Å²) in [4.78, 5) is 129. The molecule has 8 amide bonds. The second kappa shape index (κ2) is 62.4. The van der Waals surface area contributed by atoms with Gasteiger partial charge in [0.2, 0.25) is 0 Å². The molecule has 0 aliphatic carbocycles. The third-order valence-electron chi connectivity index (χ3n) is 23.1. The summed E-state index contributed by atoms with van der Waals surface area (Å²) in [6.07, 6.45) is -1.71. The highest BCUT2D eigenvalue weighted by atomic mass is 35.5. The van der Waals surface area contributed by atoms with E-state index in [9.17, 15) is 74.3 Å². The molecule has 0 aromatic heterocycles. The molecule has 4 saturated heterocycles. The lowest BCUT2D eigenvalue weighted by Crippen LogP contribution is -2.52. The molecule has 0 N–H and O–H groups in total. The summed E-state index contributed by atoms with van der Waals surface area (Å²) in [7, 11) is 27.7. The first-order valence-electron chi connectivity index (χ1n) is 51.8. The highest BCUT2D eigenvalue weighted by molar-refractivity contribution is 7.89. The minimum Gasteiger partial charge on any atom is -0.484 e. The van der Waals surface area contributed by atoms with Gasteiger partial charge in [-0.15, -0.1) is 6.58 Å². The minimum atomic E-state index is -1.20. The largest absolute Gasteiger partial charge is 0.484 e. The van der Waals surface area contributed by atoms with Gasteiger partial charge < -0.3 is 52.3 Å². The molecule has 150 heavy (non-hydrogen) atoms. The molecular weight excluding hydrogens is 1940 g/mol. The minimum absolute atomic E-state index is 0.0724. The molecule has 14 rings (SSSR count). The zero-order valence-corrected chi connectivity index (χ0v) is 85.4. The first kappa shape index (κ1) is 114. The second-order valence-corrected chi connectivity index (χ2v) is 35.2. The number of benzene rings is 10. The lowest BCUT2D eigenvalue weighted by molar-refractivity contribution is -0.138. The molecule has 4 heterocycles. The van der Waals surface area contributed by atoms with Gasteiger partial charge >= 0.3 is 24.4 Å². The van der Waals surface area contributed by atoms with Crippen LogP contribution < -0.4 is 23.7 Å². The number of halogens is 7. The molecule has 4 aliphatic rings. The number of hydrogen-bond donors (Lipinski definition) is 0. The number of aldehydes is 1. The Kier molecular flexibility index (Phi) is 47.3. The lowest BCUT2D eigenvalue weighted by Gasteiger charge is -2.27.